The van der Waals surface area contributed by atoms with E-state index in [1.807, 2.05) is 60.7 Å². The maximum absolute atomic E-state index is 13.2. The first-order valence-electron chi connectivity index (χ1n) is 10.7. The monoisotopic (exact) mass is 449 g/mol. The molecule has 0 bridgehead atoms. The lowest BCUT2D eigenvalue weighted by Gasteiger charge is -2.13. The predicted octanol–water partition coefficient (Wildman–Crippen LogP) is 5.32. The van der Waals surface area contributed by atoms with E-state index in [1.165, 1.54) is 6.08 Å². The topological polar surface area (TPSA) is 80.3 Å². The number of nitrogens with one attached hydrogen (secondary N) is 2. The van der Waals surface area contributed by atoms with Crippen molar-refractivity contribution in [2.24, 2.45) is 0 Å². The summed E-state index contributed by atoms with van der Waals surface area (Å²) in [5.41, 5.74) is 2.64. The molecular weight excluding hydrogens is 426 g/mol. The minimum atomic E-state index is -0.526. The third kappa shape index (κ3) is 6.17. The SMILES string of the molecule is O=C(Nc1ccccc1)C(=Cc1ccccc1OCc1cccnc1)C(=O)Nc1ccccc1. The van der Waals surface area contributed by atoms with Crippen LogP contribution in [-0.4, -0.2) is 16.8 Å². The molecule has 2 N–H and O–H groups in total. The molecule has 0 fully saturated rings. The van der Waals surface area contributed by atoms with Gasteiger partial charge in [-0.25, -0.2) is 0 Å². The zero-order valence-electron chi connectivity index (χ0n) is 18.3. The smallest absolute Gasteiger partial charge is 0.261 e. The lowest BCUT2D eigenvalue weighted by Crippen LogP contribution is -2.25. The number of amides is 2. The molecule has 4 rings (SSSR count). The first-order chi connectivity index (χ1) is 16.7. The molecule has 1 aromatic heterocycles. The Hall–Kier alpha value is -4.71. The number of para-hydroxylation sites is 3. The highest BCUT2D eigenvalue weighted by Crippen LogP contribution is 2.23. The molecule has 0 unspecified atom stereocenters. The van der Waals surface area contributed by atoms with Gasteiger partial charge < -0.3 is 15.4 Å². The molecular formula is C28H23N3O3. The third-order valence-corrected chi connectivity index (χ3v) is 4.89. The van der Waals surface area contributed by atoms with E-state index in [2.05, 4.69) is 15.6 Å². The van der Waals surface area contributed by atoms with Crippen molar-refractivity contribution in [3.63, 3.8) is 0 Å². The maximum Gasteiger partial charge on any atom is 0.261 e. The van der Waals surface area contributed by atoms with E-state index >= 15 is 0 Å². The number of hydrogen-bond acceptors (Lipinski definition) is 4. The van der Waals surface area contributed by atoms with Crippen molar-refractivity contribution in [3.05, 3.63) is 126 Å². The number of hydrogen-bond donors (Lipinski definition) is 2. The summed E-state index contributed by atoms with van der Waals surface area (Å²) in [4.78, 5) is 30.4. The summed E-state index contributed by atoms with van der Waals surface area (Å²) in [6.45, 7) is 0.306. The van der Waals surface area contributed by atoms with Crippen LogP contribution in [0.5, 0.6) is 5.75 Å². The van der Waals surface area contributed by atoms with Gasteiger partial charge in [0.2, 0.25) is 0 Å². The summed E-state index contributed by atoms with van der Waals surface area (Å²) in [7, 11) is 0. The van der Waals surface area contributed by atoms with Crippen LogP contribution in [0.2, 0.25) is 0 Å². The second-order valence-electron chi connectivity index (χ2n) is 7.39. The fourth-order valence-corrected chi connectivity index (χ4v) is 3.21. The number of anilines is 2. The summed E-state index contributed by atoms with van der Waals surface area (Å²) in [6, 6.07) is 29.0. The summed E-state index contributed by atoms with van der Waals surface area (Å²) in [5.74, 6) is -0.507. The Labute approximate surface area is 197 Å². The lowest BCUT2D eigenvalue weighted by molar-refractivity contribution is -0.118. The van der Waals surface area contributed by atoms with Crippen LogP contribution in [-0.2, 0) is 16.2 Å². The Morgan fingerprint density at radius 3 is 1.91 bits per heavy atom. The van der Waals surface area contributed by atoms with Crippen LogP contribution in [0.1, 0.15) is 11.1 Å². The van der Waals surface area contributed by atoms with Gasteiger partial charge in [-0.2, -0.15) is 0 Å². The lowest BCUT2D eigenvalue weighted by atomic mass is 10.1. The molecule has 0 atom stereocenters. The van der Waals surface area contributed by atoms with Crippen LogP contribution in [0.15, 0.2) is 115 Å². The van der Waals surface area contributed by atoms with E-state index in [0.29, 0.717) is 29.3 Å². The largest absolute Gasteiger partial charge is 0.488 e. The van der Waals surface area contributed by atoms with E-state index in [9.17, 15) is 9.59 Å². The van der Waals surface area contributed by atoms with Crippen LogP contribution in [0, 0.1) is 0 Å². The van der Waals surface area contributed by atoms with Gasteiger partial charge in [-0.3, -0.25) is 14.6 Å². The molecule has 0 aliphatic rings. The Morgan fingerprint density at radius 2 is 1.32 bits per heavy atom. The molecule has 0 saturated heterocycles. The zero-order chi connectivity index (χ0) is 23.6. The number of aromatic nitrogens is 1. The molecule has 0 radical (unpaired) electrons. The number of carbonyl (C=O) groups is 2. The molecule has 0 aliphatic carbocycles. The van der Waals surface area contributed by atoms with Crippen LogP contribution >= 0.6 is 0 Å². The van der Waals surface area contributed by atoms with Crippen LogP contribution < -0.4 is 15.4 Å². The van der Waals surface area contributed by atoms with Crippen LogP contribution in [0.25, 0.3) is 6.08 Å². The van der Waals surface area contributed by atoms with Gasteiger partial charge in [0, 0.05) is 34.9 Å². The van der Waals surface area contributed by atoms with E-state index in [1.54, 1.807) is 48.8 Å². The molecule has 3 aromatic carbocycles. The average molecular weight is 450 g/mol. The van der Waals surface area contributed by atoms with Crippen molar-refractivity contribution in [3.8, 4) is 5.75 Å². The quantitative estimate of drug-likeness (QED) is 0.217. The van der Waals surface area contributed by atoms with Crippen LogP contribution in [0.3, 0.4) is 0 Å². The number of carbonyl (C=O) groups excluding carboxylic acids is 2. The molecule has 0 saturated carbocycles. The molecule has 6 nitrogen and oxygen atoms in total. The van der Waals surface area contributed by atoms with Crippen molar-refractivity contribution in [1.82, 2.24) is 4.98 Å². The van der Waals surface area contributed by atoms with Gasteiger partial charge in [0.1, 0.15) is 17.9 Å². The normalized spacial score (nSPS) is 10.1. The Balaban J connectivity index is 1.63. The van der Waals surface area contributed by atoms with Crippen molar-refractivity contribution < 1.29 is 14.3 Å². The highest BCUT2D eigenvalue weighted by molar-refractivity contribution is 6.28. The number of ether oxygens (including phenoxy) is 1. The molecule has 34 heavy (non-hydrogen) atoms. The summed E-state index contributed by atoms with van der Waals surface area (Å²) < 4.78 is 5.97. The molecule has 2 amide bonds. The van der Waals surface area contributed by atoms with Gasteiger partial charge in [-0.1, -0.05) is 60.7 Å². The van der Waals surface area contributed by atoms with E-state index < -0.39 is 11.8 Å². The number of pyridine rings is 1. The molecule has 0 spiro atoms. The number of rotatable bonds is 8. The third-order valence-electron chi connectivity index (χ3n) is 4.89. The average Bonchev–Trinajstić information content (AvgIpc) is 2.88. The van der Waals surface area contributed by atoms with Gasteiger partial charge in [0.25, 0.3) is 11.8 Å². The second-order valence-corrected chi connectivity index (χ2v) is 7.39. The van der Waals surface area contributed by atoms with Crippen molar-refractivity contribution in [2.45, 2.75) is 6.61 Å². The first kappa shape index (κ1) is 22.5. The molecule has 168 valence electrons. The van der Waals surface area contributed by atoms with Gasteiger partial charge in [-0.05, 0) is 42.5 Å². The summed E-state index contributed by atoms with van der Waals surface area (Å²) in [5, 5.41) is 5.58. The zero-order valence-corrected chi connectivity index (χ0v) is 18.3. The van der Waals surface area contributed by atoms with E-state index in [-0.39, 0.29) is 5.57 Å². The highest BCUT2D eigenvalue weighted by atomic mass is 16.5. The van der Waals surface area contributed by atoms with Crippen molar-refractivity contribution in [1.29, 1.82) is 0 Å². The van der Waals surface area contributed by atoms with Gasteiger partial charge >= 0.3 is 0 Å². The molecule has 4 aromatic rings. The van der Waals surface area contributed by atoms with Crippen molar-refractivity contribution in [2.75, 3.05) is 10.6 Å². The maximum atomic E-state index is 13.2. The van der Waals surface area contributed by atoms with Gasteiger partial charge in [0.15, 0.2) is 0 Å². The molecule has 0 aliphatic heterocycles. The first-order valence-corrected chi connectivity index (χ1v) is 10.7. The number of benzene rings is 3. The van der Waals surface area contributed by atoms with Gasteiger partial charge in [0.05, 0.1) is 0 Å². The standard InChI is InChI=1S/C28H23N3O3/c32-27(30-23-12-3-1-4-13-23)25(28(33)31-24-14-5-2-6-15-24)18-22-11-7-8-16-26(22)34-20-21-10-9-17-29-19-21/h1-19H,20H2,(H,30,32)(H,31,33). The molecule has 6 heteroatoms. The van der Waals surface area contributed by atoms with Crippen molar-refractivity contribution >= 4 is 29.3 Å². The highest BCUT2D eigenvalue weighted by Gasteiger charge is 2.20. The minimum Gasteiger partial charge on any atom is -0.488 e. The Morgan fingerprint density at radius 1 is 0.735 bits per heavy atom. The minimum absolute atomic E-state index is 0.0508. The fourth-order valence-electron chi connectivity index (χ4n) is 3.21. The number of nitrogens with zero attached hydrogens (tertiary/aromatic N) is 1. The van der Waals surface area contributed by atoms with Gasteiger partial charge in [-0.15, -0.1) is 0 Å². The predicted molar refractivity (Wildman–Crippen MR) is 133 cm³/mol. The second kappa shape index (κ2) is 11.2. The summed E-state index contributed by atoms with van der Waals surface area (Å²) >= 11 is 0. The van der Waals surface area contributed by atoms with Crippen LogP contribution in [0.4, 0.5) is 11.4 Å². The van der Waals surface area contributed by atoms with E-state index in [0.717, 1.165) is 5.56 Å². The fraction of sp³-hybridized carbons (Fsp3) is 0.0357. The summed E-state index contributed by atoms with van der Waals surface area (Å²) in [6.07, 6.45) is 4.96. The Bertz CT molecular complexity index is 1220. The Kier molecular flexibility index (Phi) is 7.43. The molecule has 1 heterocycles. The van der Waals surface area contributed by atoms with E-state index in [4.69, 9.17) is 4.74 Å².